The zero-order chi connectivity index (χ0) is 24.5. The molecule has 0 aromatic heterocycles. The fourth-order valence-electron chi connectivity index (χ4n) is 3.80. The first kappa shape index (κ1) is 23.8. The highest BCUT2D eigenvalue weighted by atomic mass is 16.5. The summed E-state index contributed by atoms with van der Waals surface area (Å²) in [4.78, 5) is 39.3. The molecule has 1 saturated heterocycles. The summed E-state index contributed by atoms with van der Waals surface area (Å²) in [7, 11) is 0. The molecule has 3 aromatic rings. The average Bonchev–Trinajstić information content (AvgIpc) is 3.26. The quantitative estimate of drug-likeness (QED) is 0.368. The highest BCUT2D eigenvalue weighted by molar-refractivity contribution is 5.98. The van der Waals surface area contributed by atoms with Crippen molar-refractivity contribution in [2.75, 3.05) is 19.8 Å². The molecule has 8 heteroatoms. The molecule has 35 heavy (non-hydrogen) atoms. The Balaban J connectivity index is 1.25. The summed E-state index contributed by atoms with van der Waals surface area (Å²) < 4.78 is 11.3. The van der Waals surface area contributed by atoms with Crippen molar-refractivity contribution in [2.24, 2.45) is 5.92 Å². The van der Waals surface area contributed by atoms with Crippen LogP contribution in [0.25, 0.3) is 0 Å². The Labute approximate surface area is 203 Å². The van der Waals surface area contributed by atoms with Crippen LogP contribution >= 0.6 is 0 Å². The average molecular weight is 474 g/mol. The first-order chi connectivity index (χ1) is 17.1. The molecule has 0 bridgehead atoms. The van der Waals surface area contributed by atoms with E-state index in [-0.39, 0.29) is 24.5 Å². The molecule has 8 nitrogen and oxygen atoms in total. The number of benzene rings is 3. The minimum absolute atomic E-state index is 0.0863. The number of amides is 3. The van der Waals surface area contributed by atoms with Gasteiger partial charge in [-0.3, -0.25) is 25.2 Å². The van der Waals surface area contributed by atoms with Gasteiger partial charge in [-0.25, -0.2) is 0 Å². The maximum Gasteiger partial charge on any atom is 0.273 e. The molecule has 1 aliphatic rings. The molecule has 0 spiro atoms. The van der Waals surface area contributed by atoms with Gasteiger partial charge in [0.1, 0.15) is 24.7 Å². The Morgan fingerprint density at radius 1 is 0.829 bits per heavy atom. The number of carbonyl (C=O) groups excluding carboxylic acids is 3. The van der Waals surface area contributed by atoms with Crippen LogP contribution in [0.2, 0.25) is 0 Å². The maximum atomic E-state index is 12.7. The number of hydrazine groups is 1. The van der Waals surface area contributed by atoms with Crippen molar-refractivity contribution in [3.8, 4) is 11.5 Å². The van der Waals surface area contributed by atoms with E-state index >= 15 is 0 Å². The summed E-state index contributed by atoms with van der Waals surface area (Å²) >= 11 is 0. The van der Waals surface area contributed by atoms with E-state index in [1.165, 1.54) is 0 Å². The third-order valence-electron chi connectivity index (χ3n) is 5.59. The first-order valence-corrected chi connectivity index (χ1v) is 11.4. The lowest BCUT2D eigenvalue weighted by atomic mass is 10.1. The van der Waals surface area contributed by atoms with Gasteiger partial charge >= 0.3 is 0 Å². The predicted molar refractivity (Wildman–Crippen MR) is 129 cm³/mol. The van der Waals surface area contributed by atoms with Crippen LogP contribution in [-0.4, -0.2) is 42.4 Å². The summed E-state index contributed by atoms with van der Waals surface area (Å²) in [5.41, 5.74) is 6.16. The lowest BCUT2D eigenvalue weighted by Gasteiger charge is -2.17. The topological polar surface area (TPSA) is 97.0 Å². The van der Waals surface area contributed by atoms with Crippen molar-refractivity contribution in [2.45, 2.75) is 13.0 Å². The highest BCUT2D eigenvalue weighted by Gasteiger charge is 2.34. The molecule has 3 aromatic carbocycles. The van der Waals surface area contributed by atoms with E-state index in [0.29, 0.717) is 25.4 Å². The van der Waals surface area contributed by atoms with Crippen LogP contribution in [0, 0.1) is 5.92 Å². The first-order valence-electron chi connectivity index (χ1n) is 11.4. The summed E-state index contributed by atoms with van der Waals surface area (Å²) in [6.45, 7) is 1.31. The zero-order valence-corrected chi connectivity index (χ0v) is 19.2. The standard InChI is InChI=1S/C27H27N3O5/c31-25-17-21(19-30(25)18-20-9-3-1-4-10-20)26(32)28-29-27(33)23-13-7-8-14-24(23)35-16-15-34-22-11-5-2-6-12-22/h1-14,21H,15-19H2,(H,28,32)(H,29,33). The van der Waals surface area contributed by atoms with Gasteiger partial charge in [0.25, 0.3) is 5.91 Å². The van der Waals surface area contributed by atoms with Crippen molar-refractivity contribution in [1.29, 1.82) is 0 Å². The van der Waals surface area contributed by atoms with Crippen molar-refractivity contribution >= 4 is 17.7 Å². The molecule has 0 radical (unpaired) electrons. The summed E-state index contributed by atoms with van der Waals surface area (Å²) in [5, 5.41) is 0. The second kappa shape index (κ2) is 11.7. The number of hydrogen-bond donors (Lipinski definition) is 2. The third kappa shape index (κ3) is 6.60. The van der Waals surface area contributed by atoms with Gasteiger partial charge in [-0.15, -0.1) is 0 Å². The monoisotopic (exact) mass is 473 g/mol. The maximum absolute atomic E-state index is 12.7. The molecule has 3 amide bonds. The largest absolute Gasteiger partial charge is 0.490 e. The molecular formula is C27H27N3O5. The van der Waals surface area contributed by atoms with Gasteiger partial charge in [-0.2, -0.15) is 0 Å². The summed E-state index contributed by atoms with van der Waals surface area (Å²) in [5.74, 6) is -0.427. The number of para-hydroxylation sites is 2. The van der Waals surface area contributed by atoms with Gasteiger partial charge in [0, 0.05) is 19.5 Å². The zero-order valence-electron chi connectivity index (χ0n) is 19.2. The summed E-state index contributed by atoms with van der Waals surface area (Å²) in [6, 6.07) is 25.7. The van der Waals surface area contributed by atoms with Gasteiger partial charge in [0.15, 0.2) is 0 Å². The summed E-state index contributed by atoms with van der Waals surface area (Å²) in [6.07, 6.45) is 0.107. The number of ether oxygens (including phenoxy) is 2. The van der Waals surface area contributed by atoms with Gasteiger partial charge in [0.05, 0.1) is 11.5 Å². The second-order valence-corrected chi connectivity index (χ2v) is 8.11. The Bertz CT molecular complexity index is 1150. The van der Waals surface area contributed by atoms with Gasteiger partial charge in [0.2, 0.25) is 11.8 Å². The van der Waals surface area contributed by atoms with E-state index in [2.05, 4.69) is 10.9 Å². The van der Waals surface area contributed by atoms with Gasteiger partial charge in [-0.05, 0) is 29.8 Å². The molecule has 1 aliphatic heterocycles. The van der Waals surface area contributed by atoms with Gasteiger partial charge in [-0.1, -0.05) is 60.7 Å². The Morgan fingerprint density at radius 3 is 2.26 bits per heavy atom. The Morgan fingerprint density at radius 2 is 1.49 bits per heavy atom. The Hall–Kier alpha value is -4.33. The number of likely N-dealkylation sites (tertiary alicyclic amines) is 1. The number of nitrogens with one attached hydrogen (secondary N) is 2. The van der Waals surface area contributed by atoms with Crippen LogP contribution in [0.3, 0.4) is 0 Å². The van der Waals surface area contributed by atoms with Crippen molar-refractivity contribution in [1.82, 2.24) is 15.8 Å². The molecule has 1 atom stereocenters. The smallest absolute Gasteiger partial charge is 0.273 e. The SMILES string of the molecule is O=C(NNC(=O)C1CC(=O)N(Cc2ccccc2)C1)c1ccccc1OCCOc1ccccc1. The minimum atomic E-state index is -0.534. The molecule has 1 fully saturated rings. The van der Waals surface area contributed by atoms with Crippen LogP contribution < -0.4 is 20.3 Å². The third-order valence-corrected chi connectivity index (χ3v) is 5.59. The van der Waals surface area contributed by atoms with Crippen LogP contribution in [0.15, 0.2) is 84.9 Å². The van der Waals surface area contributed by atoms with Crippen LogP contribution in [0.5, 0.6) is 11.5 Å². The van der Waals surface area contributed by atoms with Crippen molar-refractivity contribution in [3.05, 3.63) is 96.1 Å². The molecule has 0 aliphatic carbocycles. The molecule has 1 unspecified atom stereocenters. The lowest BCUT2D eigenvalue weighted by molar-refractivity contribution is -0.129. The number of carbonyl (C=O) groups is 3. The predicted octanol–water partition coefficient (Wildman–Crippen LogP) is 2.95. The number of nitrogens with zero attached hydrogens (tertiary/aromatic N) is 1. The van der Waals surface area contributed by atoms with Gasteiger partial charge < -0.3 is 14.4 Å². The fraction of sp³-hybridized carbons (Fsp3) is 0.222. The molecule has 0 saturated carbocycles. The lowest BCUT2D eigenvalue weighted by Crippen LogP contribution is -2.45. The molecule has 1 heterocycles. The normalized spacial score (nSPS) is 14.9. The number of rotatable bonds is 9. The van der Waals surface area contributed by atoms with E-state index in [1.807, 2.05) is 60.7 Å². The Kier molecular flexibility index (Phi) is 7.96. The molecule has 180 valence electrons. The number of hydrogen-bond acceptors (Lipinski definition) is 5. The fourth-order valence-corrected chi connectivity index (χ4v) is 3.80. The molecule has 4 rings (SSSR count). The van der Waals surface area contributed by atoms with E-state index in [4.69, 9.17) is 9.47 Å². The van der Waals surface area contributed by atoms with E-state index in [1.54, 1.807) is 29.2 Å². The van der Waals surface area contributed by atoms with E-state index in [9.17, 15) is 14.4 Å². The van der Waals surface area contributed by atoms with Crippen molar-refractivity contribution in [3.63, 3.8) is 0 Å². The minimum Gasteiger partial charge on any atom is -0.490 e. The highest BCUT2D eigenvalue weighted by Crippen LogP contribution is 2.21. The van der Waals surface area contributed by atoms with Crippen LogP contribution in [0.4, 0.5) is 0 Å². The van der Waals surface area contributed by atoms with Crippen LogP contribution in [0.1, 0.15) is 22.3 Å². The van der Waals surface area contributed by atoms with Crippen molar-refractivity contribution < 1.29 is 23.9 Å². The second-order valence-electron chi connectivity index (χ2n) is 8.11. The molecular weight excluding hydrogens is 446 g/mol. The van der Waals surface area contributed by atoms with Crippen LogP contribution in [-0.2, 0) is 16.1 Å². The molecule has 2 N–H and O–H groups in total. The van der Waals surface area contributed by atoms with E-state index in [0.717, 1.165) is 11.3 Å². The van der Waals surface area contributed by atoms with E-state index < -0.39 is 17.7 Å².